The average molecular weight is 367 g/mol. The van der Waals surface area contributed by atoms with Gasteiger partial charge in [0.1, 0.15) is 0 Å². The van der Waals surface area contributed by atoms with Crippen LogP contribution in [0.25, 0.3) is 11.3 Å². The molecule has 0 bridgehead atoms. The first kappa shape index (κ1) is 19.3. The smallest absolute Gasteiger partial charge is 0.255 e. The molecule has 0 atom stereocenters. The Morgan fingerprint density at radius 3 is 2.30 bits per heavy atom. The summed E-state index contributed by atoms with van der Waals surface area (Å²) in [5, 5.41) is 7.95. The minimum absolute atomic E-state index is 0.0704. The molecule has 5 nitrogen and oxygen atoms in total. The van der Waals surface area contributed by atoms with E-state index in [1.165, 1.54) is 0 Å². The van der Waals surface area contributed by atoms with Gasteiger partial charge in [-0.1, -0.05) is 37.6 Å². The normalized spacial score (nSPS) is 15.0. The van der Waals surface area contributed by atoms with Crippen LogP contribution in [0.15, 0.2) is 29.3 Å². The number of nitrogens with zero attached hydrogens (tertiary/aromatic N) is 3. The van der Waals surface area contributed by atoms with E-state index >= 15 is 0 Å². The molecule has 0 radical (unpaired) electrons. The number of carbonyl (C=O) groups excluding carboxylic acids is 1. The zero-order chi connectivity index (χ0) is 20.0. The largest absolute Gasteiger partial charge is 0.347 e. The minimum Gasteiger partial charge on any atom is -0.347 e. The summed E-state index contributed by atoms with van der Waals surface area (Å²) in [5.41, 5.74) is 3.88. The number of carbonyl (C=O) groups is 1. The van der Waals surface area contributed by atoms with Gasteiger partial charge in [0, 0.05) is 16.7 Å². The second-order valence-corrected chi connectivity index (χ2v) is 9.19. The highest BCUT2D eigenvalue weighted by molar-refractivity contribution is 6.16. The second-order valence-electron chi connectivity index (χ2n) is 9.19. The molecule has 2 heterocycles. The fraction of sp³-hybridized carbons (Fsp3) is 0.500. The minimum atomic E-state index is -0.310. The number of hydrogen-bond donors (Lipinski definition) is 1. The number of aromatic nitrogens is 2. The first-order valence-corrected chi connectivity index (χ1v) is 9.66. The van der Waals surface area contributed by atoms with Crippen molar-refractivity contribution in [2.45, 2.75) is 72.4 Å². The van der Waals surface area contributed by atoms with Crippen LogP contribution in [-0.2, 0) is 6.42 Å². The highest BCUT2D eigenvalue weighted by atomic mass is 16.1. The van der Waals surface area contributed by atoms with E-state index in [-0.39, 0.29) is 17.0 Å². The Hall–Kier alpha value is -2.43. The van der Waals surface area contributed by atoms with Gasteiger partial charge in [0.15, 0.2) is 5.84 Å². The van der Waals surface area contributed by atoms with Crippen molar-refractivity contribution in [1.29, 1.82) is 0 Å². The second kappa shape index (κ2) is 6.63. The van der Waals surface area contributed by atoms with Crippen molar-refractivity contribution in [2.75, 3.05) is 0 Å². The van der Waals surface area contributed by atoms with Gasteiger partial charge in [0.05, 0.1) is 22.5 Å². The summed E-state index contributed by atoms with van der Waals surface area (Å²) < 4.78 is 1.87. The third-order valence-electron chi connectivity index (χ3n) is 4.23. The molecule has 0 aliphatic carbocycles. The standard InChI is InChI=1S/C22H30N4O/c1-8-11-16-17(20(27)24-22(5,6)7)18-14-12-9-10-13-15(14)19(26(18)25-16)23-21(2,3)4/h9-10,12-13H,8,11H2,1-7H3,(H,24,27). The summed E-state index contributed by atoms with van der Waals surface area (Å²) in [6, 6.07) is 8.11. The van der Waals surface area contributed by atoms with E-state index in [1.54, 1.807) is 0 Å². The maximum Gasteiger partial charge on any atom is 0.255 e. The zero-order valence-corrected chi connectivity index (χ0v) is 17.5. The number of aryl methyl sites for hydroxylation is 1. The quantitative estimate of drug-likeness (QED) is 0.745. The molecule has 1 N–H and O–H groups in total. The Balaban J connectivity index is 2.27. The van der Waals surface area contributed by atoms with Crippen LogP contribution in [0.5, 0.6) is 0 Å². The zero-order valence-electron chi connectivity index (χ0n) is 17.5. The predicted molar refractivity (Wildman–Crippen MR) is 111 cm³/mol. The van der Waals surface area contributed by atoms with Crippen LogP contribution in [0.1, 0.15) is 76.5 Å². The third kappa shape index (κ3) is 3.82. The summed E-state index contributed by atoms with van der Waals surface area (Å²) in [7, 11) is 0. The van der Waals surface area contributed by atoms with Crippen LogP contribution in [-0.4, -0.2) is 32.6 Å². The monoisotopic (exact) mass is 366 g/mol. The van der Waals surface area contributed by atoms with Gasteiger partial charge in [-0.3, -0.25) is 9.79 Å². The van der Waals surface area contributed by atoms with Crippen molar-refractivity contribution < 1.29 is 4.79 Å². The molecule has 3 rings (SSSR count). The SMILES string of the molecule is CCCc1nn2c(c1C(=O)NC(C)(C)C)-c1ccccc1C2=NC(C)(C)C. The van der Waals surface area contributed by atoms with Gasteiger partial charge in [0.2, 0.25) is 0 Å². The van der Waals surface area contributed by atoms with Gasteiger partial charge in [-0.2, -0.15) is 5.10 Å². The van der Waals surface area contributed by atoms with E-state index in [4.69, 9.17) is 10.1 Å². The van der Waals surface area contributed by atoms with Gasteiger partial charge in [-0.15, -0.1) is 0 Å². The highest BCUT2D eigenvalue weighted by Gasteiger charge is 2.35. The molecule has 144 valence electrons. The lowest BCUT2D eigenvalue weighted by Crippen LogP contribution is -2.41. The van der Waals surface area contributed by atoms with Crippen molar-refractivity contribution in [3.8, 4) is 11.3 Å². The number of hydrogen-bond acceptors (Lipinski definition) is 3. The summed E-state index contributed by atoms with van der Waals surface area (Å²) in [5.74, 6) is 0.749. The Bertz CT molecular complexity index is 907. The van der Waals surface area contributed by atoms with Gasteiger partial charge in [-0.05, 0) is 48.0 Å². The third-order valence-corrected chi connectivity index (χ3v) is 4.23. The number of rotatable bonds is 3. The van der Waals surface area contributed by atoms with Crippen molar-refractivity contribution in [3.05, 3.63) is 41.1 Å². The van der Waals surface area contributed by atoms with Crippen LogP contribution in [0, 0.1) is 0 Å². The fourth-order valence-corrected chi connectivity index (χ4v) is 3.34. The molecule has 1 aromatic heterocycles. The Morgan fingerprint density at radius 1 is 1.11 bits per heavy atom. The molecule has 1 aromatic carbocycles. The molecule has 1 aliphatic heterocycles. The number of amides is 1. The molecule has 5 heteroatoms. The summed E-state index contributed by atoms with van der Waals surface area (Å²) >= 11 is 0. The molecule has 27 heavy (non-hydrogen) atoms. The molecule has 0 spiro atoms. The van der Waals surface area contributed by atoms with E-state index in [0.29, 0.717) is 5.56 Å². The lowest BCUT2D eigenvalue weighted by molar-refractivity contribution is 0.0919. The summed E-state index contributed by atoms with van der Waals surface area (Å²) in [4.78, 5) is 18.1. The molecule has 0 saturated carbocycles. The topological polar surface area (TPSA) is 59.3 Å². The van der Waals surface area contributed by atoms with E-state index in [2.05, 4.69) is 45.1 Å². The Kier molecular flexibility index (Phi) is 4.74. The summed E-state index contributed by atoms with van der Waals surface area (Å²) in [6.45, 7) is 14.3. The van der Waals surface area contributed by atoms with E-state index < -0.39 is 0 Å². The average Bonchev–Trinajstić information content (AvgIpc) is 3.01. The lowest BCUT2D eigenvalue weighted by Gasteiger charge is -2.20. The molecular weight excluding hydrogens is 336 g/mol. The van der Waals surface area contributed by atoms with Gasteiger partial charge in [0.25, 0.3) is 5.91 Å². The molecule has 0 fully saturated rings. The van der Waals surface area contributed by atoms with Crippen molar-refractivity contribution in [2.24, 2.45) is 4.99 Å². The molecule has 2 aromatic rings. The Labute approximate surface area is 161 Å². The first-order valence-electron chi connectivity index (χ1n) is 9.66. The summed E-state index contributed by atoms with van der Waals surface area (Å²) in [6.07, 6.45) is 1.69. The predicted octanol–water partition coefficient (Wildman–Crippen LogP) is 4.44. The van der Waals surface area contributed by atoms with E-state index in [0.717, 1.165) is 41.2 Å². The molecule has 1 amide bonds. The van der Waals surface area contributed by atoms with Crippen molar-refractivity contribution in [3.63, 3.8) is 0 Å². The van der Waals surface area contributed by atoms with Crippen molar-refractivity contribution >= 4 is 11.7 Å². The van der Waals surface area contributed by atoms with E-state index in [9.17, 15) is 4.79 Å². The molecule has 1 aliphatic rings. The molecule has 0 saturated heterocycles. The maximum atomic E-state index is 13.2. The lowest BCUT2D eigenvalue weighted by atomic mass is 9.99. The molecule has 0 unspecified atom stereocenters. The van der Waals surface area contributed by atoms with Gasteiger partial charge >= 0.3 is 0 Å². The molecular formula is C22H30N4O. The highest BCUT2D eigenvalue weighted by Crippen LogP contribution is 2.37. The van der Waals surface area contributed by atoms with Crippen LogP contribution in [0.3, 0.4) is 0 Å². The first-order chi connectivity index (χ1) is 12.5. The number of fused-ring (bicyclic) bond motifs is 3. The van der Waals surface area contributed by atoms with Crippen molar-refractivity contribution in [1.82, 2.24) is 15.1 Å². The van der Waals surface area contributed by atoms with Crippen LogP contribution in [0.4, 0.5) is 0 Å². The van der Waals surface area contributed by atoms with Gasteiger partial charge < -0.3 is 5.32 Å². The number of nitrogens with one attached hydrogen (secondary N) is 1. The van der Waals surface area contributed by atoms with Crippen LogP contribution < -0.4 is 5.32 Å². The number of aliphatic imine (C=N–C) groups is 1. The van der Waals surface area contributed by atoms with E-state index in [1.807, 2.05) is 37.6 Å². The van der Waals surface area contributed by atoms with Gasteiger partial charge in [-0.25, -0.2) is 4.68 Å². The van der Waals surface area contributed by atoms with Crippen LogP contribution >= 0.6 is 0 Å². The fourth-order valence-electron chi connectivity index (χ4n) is 3.34. The number of benzene rings is 1. The Morgan fingerprint density at radius 2 is 1.74 bits per heavy atom. The van der Waals surface area contributed by atoms with Crippen LogP contribution in [0.2, 0.25) is 0 Å². The maximum absolute atomic E-state index is 13.2.